The van der Waals surface area contributed by atoms with Crippen molar-refractivity contribution in [1.82, 2.24) is 4.98 Å². The Hall–Kier alpha value is -1.77. The van der Waals surface area contributed by atoms with Crippen molar-refractivity contribution in [2.75, 3.05) is 17.6 Å². The zero-order chi connectivity index (χ0) is 12.8. The maximum atomic E-state index is 5.78. The first-order valence-corrected chi connectivity index (χ1v) is 6.44. The molecular weight excluding hydrogens is 222 g/mol. The van der Waals surface area contributed by atoms with Gasteiger partial charge in [0.05, 0.1) is 5.52 Å². The van der Waals surface area contributed by atoms with Gasteiger partial charge in [-0.15, -0.1) is 0 Å². The number of rotatable bonds is 3. The van der Waals surface area contributed by atoms with Crippen LogP contribution in [-0.4, -0.2) is 11.5 Å². The molecule has 0 aliphatic heterocycles. The highest BCUT2D eigenvalue weighted by Gasteiger charge is 2.44. The van der Waals surface area contributed by atoms with Gasteiger partial charge in [-0.2, -0.15) is 0 Å². The Balaban J connectivity index is 1.83. The third kappa shape index (κ3) is 2.01. The molecule has 1 heterocycles. The van der Waals surface area contributed by atoms with E-state index in [4.69, 9.17) is 5.73 Å². The average molecular weight is 241 g/mol. The summed E-state index contributed by atoms with van der Waals surface area (Å²) >= 11 is 0. The Morgan fingerprint density at radius 1 is 1.39 bits per heavy atom. The second kappa shape index (κ2) is 3.87. The molecule has 1 fully saturated rings. The topological polar surface area (TPSA) is 50.9 Å². The summed E-state index contributed by atoms with van der Waals surface area (Å²) in [5.41, 5.74) is 9.16. The smallest absolute Gasteiger partial charge is 0.0743 e. The first-order chi connectivity index (χ1) is 8.56. The number of nitrogens with two attached hydrogens (primary N) is 1. The van der Waals surface area contributed by atoms with E-state index in [0.29, 0.717) is 5.41 Å². The molecule has 1 aromatic carbocycles. The lowest BCUT2D eigenvalue weighted by Gasteiger charge is -2.10. The van der Waals surface area contributed by atoms with Crippen LogP contribution >= 0.6 is 0 Å². The van der Waals surface area contributed by atoms with Crippen molar-refractivity contribution in [3.63, 3.8) is 0 Å². The van der Waals surface area contributed by atoms with Crippen molar-refractivity contribution in [2.24, 2.45) is 11.3 Å². The molecule has 0 saturated heterocycles. The predicted octanol–water partition coefficient (Wildman–Crippen LogP) is 3.28. The van der Waals surface area contributed by atoms with Crippen molar-refractivity contribution in [3.05, 3.63) is 30.5 Å². The van der Waals surface area contributed by atoms with Crippen LogP contribution in [-0.2, 0) is 0 Å². The number of nitrogens with zero attached hydrogens (tertiary/aromatic N) is 1. The van der Waals surface area contributed by atoms with Crippen LogP contribution in [0.1, 0.15) is 20.3 Å². The molecule has 18 heavy (non-hydrogen) atoms. The molecule has 0 spiro atoms. The summed E-state index contributed by atoms with van der Waals surface area (Å²) in [5, 5.41) is 4.69. The van der Waals surface area contributed by atoms with E-state index in [2.05, 4.69) is 24.1 Å². The molecule has 3 rings (SSSR count). The van der Waals surface area contributed by atoms with E-state index >= 15 is 0 Å². The molecule has 0 radical (unpaired) electrons. The van der Waals surface area contributed by atoms with Crippen molar-refractivity contribution < 1.29 is 0 Å². The monoisotopic (exact) mass is 241 g/mol. The summed E-state index contributed by atoms with van der Waals surface area (Å²) < 4.78 is 0. The molecule has 1 atom stereocenters. The summed E-state index contributed by atoms with van der Waals surface area (Å²) in [6.07, 6.45) is 3.15. The standard InChI is InChI=1S/C15H19N3/c1-15(2)8-10(15)9-18-13-5-6-17-14-7-11(16)3-4-12(13)14/h3-7,10H,8-9,16H2,1-2H3,(H,17,18). The molecule has 2 aromatic rings. The van der Waals surface area contributed by atoms with Crippen molar-refractivity contribution in [2.45, 2.75) is 20.3 Å². The van der Waals surface area contributed by atoms with E-state index in [0.717, 1.165) is 34.7 Å². The molecule has 1 saturated carbocycles. The van der Waals surface area contributed by atoms with Gasteiger partial charge in [-0.25, -0.2) is 0 Å². The van der Waals surface area contributed by atoms with Gasteiger partial charge >= 0.3 is 0 Å². The van der Waals surface area contributed by atoms with Gasteiger partial charge in [0.1, 0.15) is 0 Å². The van der Waals surface area contributed by atoms with Gasteiger partial charge in [-0.05, 0) is 42.0 Å². The van der Waals surface area contributed by atoms with Crippen LogP contribution in [0.15, 0.2) is 30.5 Å². The highest BCUT2D eigenvalue weighted by Crippen LogP contribution is 2.51. The number of hydrogen-bond donors (Lipinski definition) is 2. The third-order valence-corrected chi connectivity index (χ3v) is 4.02. The Labute approximate surface area is 107 Å². The Morgan fingerprint density at radius 2 is 2.17 bits per heavy atom. The Bertz CT molecular complexity index is 589. The third-order valence-electron chi connectivity index (χ3n) is 4.02. The van der Waals surface area contributed by atoms with Gasteiger partial charge in [0.25, 0.3) is 0 Å². The molecule has 94 valence electrons. The fraction of sp³-hybridized carbons (Fsp3) is 0.400. The molecular formula is C15H19N3. The number of benzene rings is 1. The number of anilines is 2. The van der Waals surface area contributed by atoms with Gasteiger partial charge in [-0.3, -0.25) is 4.98 Å². The molecule has 3 N–H and O–H groups in total. The number of pyridine rings is 1. The van der Waals surface area contributed by atoms with E-state index in [1.54, 1.807) is 0 Å². The van der Waals surface area contributed by atoms with Crippen LogP contribution in [0.5, 0.6) is 0 Å². The van der Waals surface area contributed by atoms with Gasteiger partial charge in [-0.1, -0.05) is 13.8 Å². The average Bonchev–Trinajstić information content (AvgIpc) is 2.94. The van der Waals surface area contributed by atoms with Crippen molar-refractivity contribution >= 4 is 22.3 Å². The highest BCUT2D eigenvalue weighted by molar-refractivity contribution is 5.92. The van der Waals surface area contributed by atoms with Gasteiger partial charge in [0.15, 0.2) is 0 Å². The number of aromatic nitrogens is 1. The van der Waals surface area contributed by atoms with Crippen LogP contribution in [0.4, 0.5) is 11.4 Å². The second-order valence-corrected chi connectivity index (χ2v) is 5.91. The molecule has 1 aromatic heterocycles. The van der Waals surface area contributed by atoms with Crippen molar-refractivity contribution in [3.8, 4) is 0 Å². The number of hydrogen-bond acceptors (Lipinski definition) is 3. The molecule has 0 amide bonds. The zero-order valence-electron chi connectivity index (χ0n) is 10.9. The first-order valence-electron chi connectivity index (χ1n) is 6.44. The van der Waals surface area contributed by atoms with Crippen LogP contribution < -0.4 is 11.1 Å². The predicted molar refractivity (Wildman–Crippen MR) is 76.5 cm³/mol. The van der Waals surface area contributed by atoms with E-state index in [1.165, 1.54) is 6.42 Å². The number of nitrogen functional groups attached to an aromatic ring is 1. The fourth-order valence-corrected chi connectivity index (χ4v) is 2.48. The SMILES string of the molecule is CC1(C)CC1CNc1ccnc2cc(N)ccc12. The number of fused-ring (bicyclic) bond motifs is 1. The van der Waals surface area contributed by atoms with E-state index in [-0.39, 0.29) is 0 Å². The molecule has 0 bridgehead atoms. The van der Waals surface area contributed by atoms with Crippen LogP contribution in [0, 0.1) is 11.3 Å². The molecule has 3 heteroatoms. The van der Waals surface area contributed by atoms with Crippen molar-refractivity contribution in [1.29, 1.82) is 0 Å². The summed E-state index contributed by atoms with van der Waals surface area (Å²) in [4.78, 5) is 4.35. The van der Waals surface area contributed by atoms with Gasteiger partial charge < -0.3 is 11.1 Å². The minimum Gasteiger partial charge on any atom is -0.399 e. The minimum atomic E-state index is 0.514. The van der Waals surface area contributed by atoms with E-state index in [9.17, 15) is 0 Å². The quantitative estimate of drug-likeness (QED) is 0.811. The van der Waals surface area contributed by atoms with Crippen LogP contribution in [0.3, 0.4) is 0 Å². The minimum absolute atomic E-state index is 0.514. The van der Waals surface area contributed by atoms with Crippen LogP contribution in [0.25, 0.3) is 10.9 Å². The summed E-state index contributed by atoms with van der Waals surface area (Å²) in [6, 6.07) is 7.92. The zero-order valence-corrected chi connectivity index (χ0v) is 10.9. The molecule has 3 nitrogen and oxygen atoms in total. The summed E-state index contributed by atoms with van der Waals surface area (Å²) in [5.74, 6) is 0.787. The maximum Gasteiger partial charge on any atom is 0.0743 e. The Morgan fingerprint density at radius 3 is 2.89 bits per heavy atom. The maximum absolute atomic E-state index is 5.78. The van der Waals surface area contributed by atoms with Gasteiger partial charge in [0.2, 0.25) is 0 Å². The fourth-order valence-electron chi connectivity index (χ4n) is 2.48. The summed E-state index contributed by atoms with van der Waals surface area (Å²) in [7, 11) is 0. The first kappa shape index (κ1) is 11.3. The second-order valence-electron chi connectivity index (χ2n) is 5.91. The number of nitrogens with one attached hydrogen (secondary N) is 1. The summed E-state index contributed by atoms with van der Waals surface area (Å²) in [6.45, 7) is 5.69. The lowest BCUT2D eigenvalue weighted by Crippen LogP contribution is -2.07. The molecule has 1 aliphatic carbocycles. The normalized spacial score (nSPS) is 20.9. The largest absolute Gasteiger partial charge is 0.399 e. The molecule has 1 unspecified atom stereocenters. The Kier molecular flexibility index (Phi) is 2.44. The van der Waals surface area contributed by atoms with E-state index in [1.807, 2.05) is 30.5 Å². The van der Waals surface area contributed by atoms with Gasteiger partial charge in [0, 0.05) is 29.5 Å². The highest BCUT2D eigenvalue weighted by atomic mass is 14.9. The van der Waals surface area contributed by atoms with E-state index < -0.39 is 0 Å². The lowest BCUT2D eigenvalue weighted by atomic mass is 10.1. The molecule has 1 aliphatic rings. The van der Waals surface area contributed by atoms with Crippen LogP contribution in [0.2, 0.25) is 0 Å². The lowest BCUT2D eigenvalue weighted by molar-refractivity contribution is 0.573.